The Kier molecular flexibility index (Phi) is 7.88. The summed E-state index contributed by atoms with van der Waals surface area (Å²) in [6.07, 6.45) is -9.45. The second-order valence-corrected chi connectivity index (χ2v) is 15.1. The summed E-state index contributed by atoms with van der Waals surface area (Å²) in [7, 11) is -5.01. The summed E-state index contributed by atoms with van der Waals surface area (Å²) in [5, 5.41) is 25.2. The van der Waals surface area contributed by atoms with Crippen LogP contribution in [-0.4, -0.2) is 90.0 Å². The van der Waals surface area contributed by atoms with Crippen LogP contribution < -0.4 is 28.1 Å². The Bertz CT molecular complexity index is 1870. The SMILES string of the molecule is NC1=Nc2c(ccn2[C@@H]2O[C@@H]3COP(=O)(S)OC4C(O)[C@@H](COP(=O)(O)OC3C2O)O[C@H]4n2ccc3c(=O)[nH]c(N)nc32)C(N)N1. The Hall–Kier alpha value is -2.82. The smallest absolute Gasteiger partial charge is 0.387 e. The average molecular weight is 706 g/mol. The summed E-state index contributed by atoms with van der Waals surface area (Å²) in [5.41, 5.74) is 17.6. The molecule has 46 heavy (non-hydrogen) atoms. The Morgan fingerprint density at radius 2 is 1.70 bits per heavy atom. The molecule has 11 atom stereocenters. The maximum atomic E-state index is 13.5. The number of nitrogens with zero attached hydrogens (tertiary/aromatic N) is 4. The van der Waals surface area contributed by atoms with Gasteiger partial charge in [-0.15, -0.1) is 0 Å². The summed E-state index contributed by atoms with van der Waals surface area (Å²) in [5.74, 6) is 0.0462. The van der Waals surface area contributed by atoms with Gasteiger partial charge < -0.3 is 56.2 Å². The number of nitrogen functional groups attached to an aromatic ring is 1. The molecule has 3 fully saturated rings. The molecule has 3 aromatic heterocycles. The Morgan fingerprint density at radius 1 is 0.978 bits per heavy atom. The van der Waals surface area contributed by atoms with Gasteiger partial charge in [-0.25, -0.2) is 9.13 Å². The molecule has 0 aliphatic carbocycles. The molecule has 4 aliphatic heterocycles. The highest BCUT2D eigenvalue weighted by molar-refractivity contribution is 8.44. The predicted octanol–water partition coefficient (Wildman–Crippen LogP) is -1.21. The molecule has 7 heterocycles. The van der Waals surface area contributed by atoms with E-state index in [2.05, 4.69) is 32.5 Å². The second kappa shape index (κ2) is 11.4. The number of aliphatic imine (C=N–C) groups is 1. The van der Waals surface area contributed by atoms with Gasteiger partial charge in [0.05, 0.1) is 18.6 Å². The van der Waals surface area contributed by atoms with E-state index < -0.39 is 88.6 Å². The van der Waals surface area contributed by atoms with E-state index in [9.17, 15) is 29.0 Å². The first kappa shape index (κ1) is 31.8. The Morgan fingerprint density at radius 3 is 2.48 bits per heavy atom. The number of phosphoric ester groups is 1. The molecule has 7 rings (SSSR count). The number of hydrogen-bond acceptors (Lipinski definition) is 17. The minimum Gasteiger partial charge on any atom is -0.387 e. The van der Waals surface area contributed by atoms with E-state index in [1.165, 1.54) is 27.6 Å². The molecule has 24 heteroatoms. The molecule has 0 amide bonds. The van der Waals surface area contributed by atoms with E-state index in [0.29, 0.717) is 5.56 Å². The fourth-order valence-corrected chi connectivity index (χ4v) is 8.21. The lowest BCUT2D eigenvalue weighted by Crippen LogP contribution is -2.41. The zero-order valence-corrected chi connectivity index (χ0v) is 26.0. The highest BCUT2D eigenvalue weighted by Crippen LogP contribution is 2.58. The minimum atomic E-state index is -5.01. The van der Waals surface area contributed by atoms with Crippen LogP contribution in [0.4, 0.5) is 11.8 Å². The van der Waals surface area contributed by atoms with Gasteiger partial charge in [0.1, 0.15) is 48.6 Å². The summed E-state index contributed by atoms with van der Waals surface area (Å²) >= 11 is 4.07. The van der Waals surface area contributed by atoms with E-state index >= 15 is 0 Å². The zero-order valence-electron chi connectivity index (χ0n) is 23.3. The number of rotatable bonds is 2. The third-order valence-corrected chi connectivity index (χ3v) is 10.5. The molecule has 4 aliphatic rings. The van der Waals surface area contributed by atoms with Crippen LogP contribution >= 0.6 is 26.9 Å². The van der Waals surface area contributed by atoms with E-state index in [0.717, 1.165) is 0 Å². The highest BCUT2D eigenvalue weighted by Gasteiger charge is 2.53. The van der Waals surface area contributed by atoms with Crippen molar-refractivity contribution in [3.63, 3.8) is 0 Å². The summed E-state index contributed by atoms with van der Waals surface area (Å²) < 4.78 is 63.0. The molecule has 11 N–H and O–H groups in total. The fourth-order valence-electron chi connectivity index (χ4n) is 5.78. The third kappa shape index (κ3) is 5.58. The molecule has 2 bridgehead atoms. The number of guanidine groups is 1. The number of H-pyrrole nitrogens is 1. The van der Waals surface area contributed by atoms with Gasteiger partial charge in [0.25, 0.3) is 5.56 Å². The number of aromatic nitrogens is 4. The molecule has 3 aromatic rings. The maximum Gasteiger partial charge on any atom is 0.472 e. The second-order valence-electron chi connectivity index (χ2n) is 10.8. The van der Waals surface area contributed by atoms with E-state index in [4.69, 9.17) is 44.8 Å². The Labute approximate surface area is 262 Å². The molecule has 3 saturated heterocycles. The number of thiol groups is 1. The van der Waals surface area contributed by atoms with Crippen molar-refractivity contribution in [2.45, 2.75) is 55.2 Å². The average Bonchev–Trinajstić information content (AvgIpc) is 3.72. The van der Waals surface area contributed by atoms with Gasteiger partial charge in [-0.05, 0) is 12.1 Å². The number of hydrogen-bond donors (Lipinski definition) is 9. The van der Waals surface area contributed by atoms with E-state index in [-0.39, 0.29) is 28.8 Å². The van der Waals surface area contributed by atoms with Gasteiger partial charge in [-0.1, -0.05) is 12.2 Å². The number of ether oxygens (including phenoxy) is 2. The van der Waals surface area contributed by atoms with Gasteiger partial charge in [-0.3, -0.25) is 27.9 Å². The number of nitrogens with one attached hydrogen (secondary N) is 2. The van der Waals surface area contributed by atoms with Crippen LogP contribution in [0.25, 0.3) is 11.0 Å². The number of nitrogens with two attached hydrogens (primary N) is 3. The zero-order chi connectivity index (χ0) is 32.7. The molecule has 7 unspecified atom stereocenters. The molecular formula is C22H29N9O12P2S. The van der Waals surface area contributed by atoms with Crippen molar-refractivity contribution < 1.29 is 51.8 Å². The molecule has 21 nitrogen and oxygen atoms in total. The standard InChI is InChI=1S/C22H29N9O12P2S/c23-15-7-1-3-30(16(7)27-21(24)26-15)19-12(33)13-10(41-19)6-39-45(37,46)43-14-11(32)9(5-38-44(35,36)42-13)40-20(14)31-4-2-8-17(31)28-22(25)29-18(8)34/h1-4,9-15,19-20,32-33H,5-6,23H2,(H,35,36)(H,37,46)(H3,24,26,27)(H3,25,28,29,34)/t9-,10-,11?,12?,13?,14?,15?,19-,20-,45?/m1/s1. The monoisotopic (exact) mass is 705 g/mol. The van der Waals surface area contributed by atoms with Gasteiger partial charge in [0, 0.05) is 18.0 Å². The van der Waals surface area contributed by atoms with Crippen LogP contribution in [0, 0.1) is 0 Å². The lowest BCUT2D eigenvalue weighted by Gasteiger charge is -2.26. The molecule has 250 valence electrons. The molecule has 0 spiro atoms. The van der Waals surface area contributed by atoms with Crippen LogP contribution in [0.3, 0.4) is 0 Å². The van der Waals surface area contributed by atoms with Crippen molar-refractivity contribution >= 4 is 55.6 Å². The third-order valence-electron chi connectivity index (χ3n) is 7.87. The summed E-state index contributed by atoms with van der Waals surface area (Å²) in [4.78, 5) is 33.8. The van der Waals surface area contributed by atoms with Crippen molar-refractivity contribution in [3.8, 4) is 0 Å². The molecule has 0 aromatic carbocycles. The van der Waals surface area contributed by atoms with Crippen LogP contribution in [0.2, 0.25) is 0 Å². The van der Waals surface area contributed by atoms with Crippen molar-refractivity contribution in [2.75, 3.05) is 18.9 Å². The predicted molar refractivity (Wildman–Crippen MR) is 158 cm³/mol. The van der Waals surface area contributed by atoms with Gasteiger partial charge >= 0.3 is 14.6 Å². The quantitative estimate of drug-likeness (QED) is 0.112. The topological polar surface area (TPSA) is 308 Å². The fraction of sp³-hybridized carbons (Fsp3) is 0.500. The number of phosphoric acid groups is 1. The van der Waals surface area contributed by atoms with E-state index in [1.807, 2.05) is 0 Å². The number of aromatic amines is 1. The van der Waals surface area contributed by atoms with Gasteiger partial charge in [-0.2, -0.15) is 9.98 Å². The maximum absolute atomic E-state index is 13.5. The Balaban J connectivity index is 1.20. The van der Waals surface area contributed by atoms with Crippen molar-refractivity contribution in [2.24, 2.45) is 16.5 Å². The number of anilines is 1. The minimum absolute atomic E-state index is 0.00676. The van der Waals surface area contributed by atoms with Gasteiger partial charge in [0.15, 0.2) is 24.1 Å². The molecule has 0 radical (unpaired) electrons. The molecular weight excluding hydrogens is 676 g/mol. The summed E-state index contributed by atoms with van der Waals surface area (Å²) in [6, 6.07) is 3.03. The lowest BCUT2D eigenvalue weighted by atomic mass is 10.1. The van der Waals surface area contributed by atoms with E-state index in [1.54, 1.807) is 6.07 Å². The highest BCUT2D eigenvalue weighted by atomic mass is 32.7. The van der Waals surface area contributed by atoms with Crippen molar-refractivity contribution in [3.05, 3.63) is 40.4 Å². The van der Waals surface area contributed by atoms with Crippen LogP contribution in [0.1, 0.15) is 24.2 Å². The van der Waals surface area contributed by atoms with Crippen molar-refractivity contribution in [1.29, 1.82) is 0 Å². The largest absolute Gasteiger partial charge is 0.472 e. The van der Waals surface area contributed by atoms with Crippen LogP contribution in [0.5, 0.6) is 0 Å². The molecule has 0 saturated carbocycles. The number of aliphatic hydroxyl groups is 2. The first-order chi connectivity index (χ1) is 21.7. The normalized spacial score (nSPS) is 39.8. The van der Waals surface area contributed by atoms with Crippen molar-refractivity contribution in [1.82, 2.24) is 24.4 Å². The number of fused-ring (bicyclic) bond motifs is 5. The van der Waals surface area contributed by atoms with Crippen LogP contribution in [-0.2, 0) is 36.7 Å². The van der Waals surface area contributed by atoms with Crippen LogP contribution in [0.15, 0.2) is 34.3 Å². The van der Waals surface area contributed by atoms with Gasteiger partial charge in [0.2, 0.25) is 5.95 Å². The summed E-state index contributed by atoms with van der Waals surface area (Å²) in [6.45, 7) is -5.78. The first-order valence-electron chi connectivity index (χ1n) is 13.6. The lowest BCUT2D eigenvalue weighted by molar-refractivity contribution is -0.0619. The first-order valence-corrected chi connectivity index (χ1v) is 17.8. The number of aliphatic hydroxyl groups excluding tert-OH is 2.